The summed E-state index contributed by atoms with van der Waals surface area (Å²) in [6.07, 6.45) is 1.18. The summed E-state index contributed by atoms with van der Waals surface area (Å²) in [4.78, 5) is 25.0. The van der Waals surface area contributed by atoms with Crippen LogP contribution in [0.3, 0.4) is 0 Å². The molecule has 0 spiro atoms. The Hall–Kier alpha value is -2.34. The Morgan fingerprint density at radius 3 is 2.90 bits per heavy atom. The minimum atomic E-state index is -0.738. The maximum absolute atomic E-state index is 12.1. The number of urea groups is 1. The highest BCUT2D eigenvalue weighted by Gasteiger charge is 2.32. The van der Waals surface area contributed by atoms with E-state index in [4.69, 9.17) is 11.5 Å². The van der Waals surface area contributed by atoms with Crippen molar-refractivity contribution in [3.8, 4) is 0 Å². The largest absolute Gasteiger partial charge is 0.368 e. The van der Waals surface area contributed by atoms with Gasteiger partial charge in [0.15, 0.2) is 0 Å². The van der Waals surface area contributed by atoms with E-state index < -0.39 is 11.9 Å². The lowest BCUT2D eigenvalue weighted by molar-refractivity contribution is -0.119. The zero-order valence-corrected chi connectivity index (χ0v) is 11.6. The number of carbonyl (C=O) groups excluding carboxylic acids is 2. The van der Waals surface area contributed by atoms with Crippen molar-refractivity contribution in [2.24, 2.45) is 11.5 Å². The maximum atomic E-state index is 12.1. The van der Waals surface area contributed by atoms with E-state index in [0.29, 0.717) is 19.5 Å². The number of nitrogens with zero attached hydrogens (tertiary/aromatic N) is 1. The van der Waals surface area contributed by atoms with Crippen LogP contribution in [0.5, 0.6) is 0 Å². The van der Waals surface area contributed by atoms with Gasteiger partial charge >= 0.3 is 6.03 Å². The van der Waals surface area contributed by atoms with Gasteiger partial charge in [0, 0.05) is 18.7 Å². The van der Waals surface area contributed by atoms with E-state index in [1.165, 1.54) is 5.56 Å². The lowest BCUT2D eigenvalue weighted by Crippen LogP contribution is -2.48. The lowest BCUT2D eigenvalue weighted by Gasteiger charge is -2.37. The van der Waals surface area contributed by atoms with Crippen LogP contribution < -0.4 is 16.8 Å². The molecule has 3 amide bonds. The second-order valence-electron chi connectivity index (χ2n) is 5.38. The summed E-state index contributed by atoms with van der Waals surface area (Å²) in [5.74, 6) is -0.532. The third-order valence-corrected chi connectivity index (χ3v) is 4.01. The zero-order chi connectivity index (χ0) is 15.0. The van der Waals surface area contributed by atoms with Crippen molar-refractivity contribution in [1.29, 1.82) is 0 Å². The fourth-order valence-electron chi connectivity index (χ4n) is 2.94. The van der Waals surface area contributed by atoms with Crippen LogP contribution in [0.15, 0.2) is 29.8 Å². The number of hydrogen-bond donors (Lipinski definition) is 3. The first-order valence-corrected chi connectivity index (χ1v) is 6.98. The molecule has 0 aliphatic carbocycles. The van der Waals surface area contributed by atoms with E-state index in [1.54, 1.807) is 4.90 Å². The molecule has 2 heterocycles. The zero-order valence-electron chi connectivity index (χ0n) is 11.6. The standard InChI is InChI=1S/C15H18N4O2/c16-12(14(17)20)7-10-8-18-15(21)19-6-5-9-3-1-2-4-11(9)13(10)19/h1-4,12H,5-8,16H2,(H2,17,20)(H,18,21). The van der Waals surface area contributed by atoms with Crippen LogP contribution in [0.2, 0.25) is 0 Å². The van der Waals surface area contributed by atoms with E-state index >= 15 is 0 Å². The lowest BCUT2D eigenvalue weighted by atomic mass is 9.90. The van der Waals surface area contributed by atoms with Crippen LogP contribution in [0.4, 0.5) is 4.79 Å². The minimum absolute atomic E-state index is 0.101. The van der Waals surface area contributed by atoms with Crippen molar-refractivity contribution >= 4 is 17.6 Å². The SMILES string of the molecule is NC(=O)C(N)CC1=C2c3ccccc3CCN2C(=O)NC1. The summed E-state index contributed by atoms with van der Waals surface area (Å²) >= 11 is 0. The fourth-order valence-corrected chi connectivity index (χ4v) is 2.94. The number of rotatable bonds is 3. The van der Waals surface area contributed by atoms with Gasteiger partial charge in [0.25, 0.3) is 0 Å². The van der Waals surface area contributed by atoms with Crippen LogP contribution in [-0.4, -0.2) is 36.0 Å². The Bertz CT molecular complexity index is 638. The quantitative estimate of drug-likeness (QED) is 0.738. The van der Waals surface area contributed by atoms with Crippen molar-refractivity contribution in [2.75, 3.05) is 13.1 Å². The Morgan fingerprint density at radius 2 is 2.14 bits per heavy atom. The van der Waals surface area contributed by atoms with Crippen molar-refractivity contribution in [3.05, 3.63) is 41.0 Å². The molecular formula is C15H18N4O2. The molecule has 110 valence electrons. The van der Waals surface area contributed by atoms with E-state index in [2.05, 4.69) is 11.4 Å². The van der Waals surface area contributed by atoms with Gasteiger partial charge in [-0.15, -0.1) is 0 Å². The first-order chi connectivity index (χ1) is 10.1. The highest BCUT2D eigenvalue weighted by molar-refractivity contribution is 5.91. The first kappa shape index (κ1) is 13.6. The molecule has 1 atom stereocenters. The molecule has 0 radical (unpaired) electrons. The maximum Gasteiger partial charge on any atom is 0.322 e. The average molecular weight is 286 g/mol. The summed E-state index contributed by atoms with van der Waals surface area (Å²) in [5, 5.41) is 2.83. The molecule has 1 aromatic carbocycles. The molecule has 5 N–H and O–H groups in total. The normalized spacial score (nSPS) is 18.7. The summed E-state index contributed by atoms with van der Waals surface area (Å²) in [5.41, 5.74) is 15.1. The van der Waals surface area contributed by atoms with E-state index in [-0.39, 0.29) is 6.03 Å². The van der Waals surface area contributed by atoms with Gasteiger partial charge in [-0.2, -0.15) is 0 Å². The van der Waals surface area contributed by atoms with Gasteiger partial charge in [0.2, 0.25) is 5.91 Å². The van der Waals surface area contributed by atoms with Crippen molar-refractivity contribution in [3.63, 3.8) is 0 Å². The van der Waals surface area contributed by atoms with Crippen molar-refractivity contribution < 1.29 is 9.59 Å². The van der Waals surface area contributed by atoms with E-state index in [0.717, 1.165) is 23.3 Å². The predicted molar refractivity (Wildman–Crippen MR) is 79.0 cm³/mol. The molecule has 6 heteroatoms. The molecule has 0 saturated heterocycles. The third kappa shape index (κ3) is 2.38. The summed E-state index contributed by atoms with van der Waals surface area (Å²) in [6.45, 7) is 1.04. The monoisotopic (exact) mass is 286 g/mol. The molecule has 0 saturated carbocycles. The third-order valence-electron chi connectivity index (χ3n) is 4.01. The van der Waals surface area contributed by atoms with Crippen LogP contribution in [0.25, 0.3) is 5.70 Å². The number of nitrogens with one attached hydrogen (secondary N) is 1. The summed E-state index contributed by atoms with van der Waals surface area (Å²) in [7, 11) is 0. The van der Waals surface area contributed by atoms with Gasteiger partial charge < -0.3 is 16.8 Å². The average Bonchev–Trinajstić information content (AvgIpc) is 2.49. The van der Waals surface area contributed by atoms with Gasteiger partial charge in [0.1, 0.15) is 0 Å². The highest BCUT2D eigenvalue weighted by atomic mass is 16.2. The molecule has 2 aliphatic rings. The molecular weight excluding hydrogens is 268 g/mol. The molecule has 6 nitrogen and oxygen atoms in total. The Kier molecular flexibility index (Phi) is 3.39. The van der Waals surface area contributed by atoms with E-state index in [9.17, 15) is 9.59 Å². The predicted octanol–water partition coefficient (Wildman–Crippen LogP) is 0.182. The topological polar surface area (TPSA) is 101 Å². The number of hydrogen-bond acceptors (Lipinski definition) is 3. The van der Waals surface area contributed by atoms with Gasteiger partial charge in [-0.25, -0.2) is 4.79 Å². The van der Waals surface area contributed by atoms with Gasteiger partial charge in [-0.1, -0.05) is 24.3 Å². The van der Waals surface area contributed by atoms with Crippen molar-refractivity contribution in [1.82, 2.24) is 10.2 Å². The Balaban J connectivity index is 2.07. The number of nitrogens with two attached hydrogens (primary N) is 2. The van der Waals surface area contributed by atoms with Gasteiger partial charge in [0.05, 0.1) is 11.7 Å². The molecule has 3 rings (SSSR count). The molecule has 0 fully saturated rings. The van der Waals surface area contributed by atoms with Crippen LogP contribution in [-0.2, 0) is 11.2 Å². The number of benzene rings is 1. The summed E-state index contributed by atoms with van der Waals surface area (Å²) in [6, 6.07) is 7.18. The molecule has 0 aromatic heterocycles. The first-order valence-electron chi connectivity index (χ1n) is 6.98. The van der Waals surface area contributed by atoms with Gasteiger partial charge in [-0.05, 0) is 24.0 Å². The van der Waals surface area contributed by atoms with Crippen LogP contribution in [0.1, 0.15) is 17.5 Å². The molecule has 21 heavy (non-hydrogen) atoms. The second-order valence-corrected chi connectivity index (χ2v) is 5.38. The molecule has 1 unspecified atom stereocenters. The van der Waals surface area contributed by atoms with E-state index in [1.807, 2.05) is 18.2 Å². The number of fused-ring (bicyclic) bond motifs is 3. The van der Waals surface area contributed by atoms with Crippen molar-refractivity contribution in [2.45, 2.75) is 18.9 Å². The van der Waals surface area contributed by atoms with Gasteiger partial charge in [-0.3, -0.25) is 9.69 Å². The highest BCUT2D eigenvalue weighted by Crippen LogP contribution is 2.34. The number of carbonyl (C=O) groups is 2. The number of amides is 3. The number of primary amides is 1. The molecule has 1 aromatic rings. The minimum Gasteiger partial charge on any atom is -0.368 e. The second kappa shape index (κ2) is 5.21. The Labute approximate surface area is 122 Å². The van der Waals surface area contributed by atoms with Crippen LogP contribution >= 0.6 is 0 Å². The fraction of sp³-hybridized carbons (Fsp3) is 0.333. The molecule has 0 bridgehead atoms. The Morgan fingerprint density at radius 1 is 1.38 bits per heavy atom. The van der Waals surface area contributed by atoms with Crippen LogP contribution in [0, 0.1) is 0 Å². The summed E-state index contributed by atoms with van der Waals surface area (Å²) < 4.78 is 0. The smallest absolute Gasteiger partial charge is 0.322 e. The molecule has 2 aliphatic heterocycles.